The van der Waals surface area contributed by atoms with E-state index in [-0.39, 0.29) is 0 Å². The zero-order valence-corrected chi connectivity index (χ0v) is 12.3. The van der Waals surface area contributed by atoms with Gasteiger partial charge in [-0.25, -0.2) is 4.79 Å². The molecule has 0 aliphatic heterocycles. The van der Waals surface area contributed by atoms with E-state index in [1.165, 1.54) is 25.6 Å². The maximum Gasteiger partial charge on any atom is 0.350 e. The van der Waals surface area contributed by atoms with Gasteiger partial charge in [0.05, 0.1) is 25.5 Å². The highest BCUT2D eigenvalue weighted by Crippen LogP contribution is 2.25. The second kappa shape index (κ2) is 6.27. The molecule has 0 bridgehead atoms. The van der Waals surface area contributed by atoms with Crippen LogP contribution in [0.5, 0.6) is 5.75 Å². The van der Waals surface area contributed by atoms with Gasteiger partial charge < -0.3 is 20.5 Å². The number of rotatable bonds is 4. The molecular formula is C14H14N2O4S. The highest BCUT2D eigenvalue weighted by Gasteiger charge is 2.17. The first-order valence-corrected chi connectivity index (χ1v) is 6.85. The van der Waals surface area contributed by atoms with Gasteiger partial charge in [0.15, 0.2) is 0 Å². The lowest BCUT2D eigenvalue weighted by atomic mass is 10.1. The van der Waals surface area contributed by atoms with E-state index in [0.29, 0.717) is 27.6 Å². The summed E-state index contributed by atoms with van der Waals surface area (Å²) < 4.78 is 9.69. The van der Waals surface area contributed by atoms with Gasteiger partial charge in [0, 0.05) is 11.8 Å². The molecule has 0 saturated heterocycles. The molecule has 1 aromatic heterocycles. The second-order valence-corrected chi connectivity index (χ2v) is 4.98. The number of nitrogens with one attached hydrogen (secondary N) is 1. The van der Waals surface area contributed by atoms with E-state index in [2.05, 4.69) is 10.1 Å². The van der Waals surface area contributed by atoms with Crippen LogP contribution in [0.1, 0.15) is 20.0 Å². The van der Waals surface area contributed by atoms with Crippen molar-refractivity contribution in [2.45, 2.75) is 0 Å². The summed E-state index contributed by atoms with van der Waals surface area (Å²) >= 11 is 1.19. The number of nitrogens with two attached hydrogens (primary N) is 1. The van der Waals surface area contributed by atoms with Crippen LogP contribution in [0.15, 0.2) is 29.6 Å². The van der Waals surface area contributed by atoms with Crippen LogP contribution in [-0.2, 0) is 4.74 Å². The fourth-order valence-electron chi connectivity index (χ4n) is 1.72. The standard InChI is InChI=1S/C14H14N2O4S/c1-19-8-3-4-9(10(15)7-8)13(17)16-11-5-6-21-12(11)14(18)20-2/h3-7H,15H2,1-2H3,(H,16,17). The van der Waals surface area contributed by atoms with Crippen molar-refractivity contribution in [3.8, 4) is 5.75 Å². The Morgan fingerprint density at radius 3 is 2.62 bits per heavy atom. The number of nitrogen functional groups attached to an aromatic ring is 1. The van der Waals surface area contributed by atoms with Crippen LogP contribution in [-0.4, -0.2) is 26.1 Å². The average molecular weight is 306 g/mol. The highest BCUT2D eigenvalue weighted by atomic mass is 32.1. The number of carbonyl (C=O) groups excluding carboxylic acids is 2. The Morgan fingerprint density at radius 2 is 2.00 bits per heavy atom. The number of amides is 1. The highest BCUT2D eigenvalue weighted by molar-refractivity contribution is 7.12. The summed E-state index contributed by atoms with van der Waals surface area (Å²) in [6, 6.07) is 6.39. The van der Waals surface area contributed by atoms with E-state index in [1.54, 1.807) is 29.6 Å². The van der Waals surface area contributed by atoms with E-state index in [1.807, 2.05) is 0 Å². The summed E-state index contributed by atoms with van der Waals surface area (Å²) in [7, 11) is 2.80. The molecule has 2 aromatic rings. The van der Waals surface area contributed by atoms with Crippen molar-refractivity contribution in [1.29, 1.82) is 0 Å². The van der Waals surface area contributed by atoms with E-state index in [0.717, 1.165) is 0 Å². The number of anilines is 2. The number of carbonyl (C=O) groups is 2. The Balaban J connectivity index is 2.23. The molecule has 1 heterocycles. The van der Waals surface area contributed by atoms with Crippen LogP contribution in [0.25, 0.3) is 0 Å². The van der Waals surface area contributed by atoms with Gasteiger partial charge >= 0.3 is 5.97 Å². The van der Waals surface area contributed by atoms with Crippen LogP contribution in [0, 0.1) is 0 Å². The molecule has 0 saturated carbocycles. The molecule has 7 heteroatoms. The predicted molar refractivity (Wildman–Crippen MR) is 81.0 cm³/mol. The number of thiophene rings is 1. The summed E-state index contributed by atoms with van der Waals surface area (Å²) in [6.07, 6.45) is 0. The molecule has 6 nitrogen and oxygen atoms in total. The molecule has 21 heavy (non-hydrogen) atoms. The third-order valence-corrected chi connectivity index (χ3v) is 3.68. The molecule has 0 atom stereocenters. The van der Waals surface area contributed by atoms with E-state index in [9.17, 15) is 9.59 Å². The van der Waals surface area contributed by atoms with Crippen molar-refractivity contribution in [1.82, 2.24) is 0 Å². The normalized spacial score (nSPS) is 10.0. The van der Waals surface area contributed by atoms with Crippen molar-refractivity contribution in [2.75, 3.05) is 25.3 Å². The quantitative estimate of drug-likeness (QED) is 0.668. The van der Waals surface area contributed by atoms with Gasteiger partial charge in [0.25, 0.3) is 5.91 Å². The maximum absolute atomic E-state index is 12.2. The zero-order valence-electron chi connectivity index (χ0n) is 11.5. The van der Waals surface area contributed by atoms with Crippen LogP contribution >= 0.6 is 11.3 Å². The minimum Gasteiger partial charge on any atom is -0.497 e. The Labute approximate surface area is 125 Å². The summed E-state index contributed by atoms with van der Waals surface area (Å²) in [5.41, 5.74) is 6.81. The fourth-order valence-corrected chi connectivity index (χ4v) is 2.49. The molecule has 2 rings (SSSR count). The summed E-state index contributed by atoms with van der Waals surface area (Å²) in [5, 5.41) is 4.34. The number of methoxy groups -OCH3 is 2. The number of hydrogen-bond donors (Lipinski definition) is 2. The molecule has 0 radical (unpaired) electrons. The lowest BCUT2D eigenvalue weighted by Gasteiger charge is -2.09. The van der Waals surface area contributed by atoms with E-state index >= 15 is 0 Å². The van der Waals surface area contributed by atoms with Crippen molar-refractivity contribution in [3.63, 3.8) is 0 Å². The predicted octanol–water partition coefficient (Wildman–Crippen LogP) is 2.38. The van der Waals surface area contributed by atoms with Crippen LogP contribution in [0.4, 0.5) is 11.4 Å². The summed E-state index contributed by atoms with van der Waals surface area (Å²) in [5.74, 6) is -0.337. The van der Waals surface area contributed by atoms with Gasteiger partial charge in [-0.05, 0) is 23.6 Å². The van der Waals surface area contributed by atoms with Crippen LogP contribution in [0.2, 0.25) is 0 Å². The minimum absolute atomic E-state index is 0.293. The van der Waals surface area contributed by atoms with Gasteiger partial charge in [0.1, 0.15) is 10.6 Å². The molecule has 110 valence electrons. The number of esters is 1. The molecular weight excluding hydrogens is 292 g/mol. The molecule has 3 N–H and O–H groups in total. The first kappa shape index (κ1) is 14.9. The SMILES string of the molecule is COC(=O)c1sccc1NC(=O)c1ccc(OC)cc1N. The number of benzene rings is 1. The van der Waals surface area contributed by atoms with Gasteiger partial charge in [0.2, 0.25) is 0 Å². The lowest BCUT2D eigenvalue weighted by molar-refractivity contribution is 0.0607. The summed E-state index contributed by atoms with van der Waals surface area (Å²) in [6.45, 7) is 0. The Kier molecular flexibility index (Phi) is 4.44. The monoisotopic (exact) mass is 306 g/mol. The van der Waals surface area contributed by atoms with Gasteiger partial charge in [-0.2, -0.15) is 0 Å². The average Bonchev–Trinajstić information content (AvgIpc) is 2.94. The van der Waals surface area contributed by atoms with Crippen molar-refractivity contribution in [2.24, 2.45) is 0 Å². The Bertz CT molecular complexity index is 681. The third-order valence-electron chi connectivity index (χ3n) is 2.79. The molecule has 1 aromatic carbocycles. The third kappa shape index (κ3) is 3.14. The number of hydrogen-bond acceptors (Lipinski definition) is 6. The second-order valence-electron chi connectivity index (χ2n) is 4.06. The van der Waals surface area contributed by atoms with Crippen molar-refractivity contribution < 1.29 is 19.1 Å². The first-order valence-electron chi connectivity index (χ1n) is 5.97. The smallest absolute Gasteiger partial charge is 0.350 e. The molecule has 0 fully saturated rings. The summed E-state index contributed by atoms with van der Waals surface area (Å²) in [4.78, 5) is 24.1. The largest absolute Gasteiger partial charge is 0.497 e. The first-order chi connectivity index (χ1) is 10.1. The zero-order chi connectivity index (χ0) is 15.4. The molecule has 0 aliphatic rings. The van der Waals surface area contributed by atoms with Crippen LogP contribution in [0.3, 0.4) is 0 Å². The van der Waals surface area contributed by atoms with E-state index in [4.69, 9.17) is 10.5 Å². The number of ether oxygens (including phenoxy) is 2. The maximum atomic E-state index is 12.2. The topological polar surface area (TPSA) is 90.6 Å². The molecule has 0 unspecified atom stereocenters. The van der Waals surface area contributed by atoms with E-state index < -0.39 is 11.9 Å². The fraction of sp³-hybridized carbons (Fsp3) is 0.143. The van der Waals surface area contributed by atoms with Gasteiger partial charge in [-0.1, -0.05) is 0 Å². The molecule has 0 spiro atoms. The molecule has 0 aliphatic carbocycles. The van der Waals surface area contributed by atoms with Crippen molar-refractivity contribution in [3.05, 3.63) is 40.1 Å². The molecule has 1 amide bonds. The minimum atomic E-state index is -0.497. The van der Waals surface area contributed by atoms with Gasteiger partial charge in [-0.3, -0.25) is 4.79 Å². The lowest BCUT2D eigenvalue weighted by Crippen LogP contribution is -2.15. The Hall–Kier alpha value is -2.54. The van der Waals surface area contributed by atoms with Crippen molar-refractivity contribution >= 4 is 34.6 Å². The Morgan fingerprint density at radius 1 is 1.24 bits per heavy atom. The van der Waals surface area contributed by atoms with Gasteiger partial charge in [-0.15, -0.1) is 11.3 Å². The van der Waals surface area contributed by atoms with Crippen LogP contribution < -0.4 is 15.8 Å².